The lowest BCUT2D eigenvalue weighted by atomic mass is 9.99. The Morgan fingerprint density at radius 1 is 1.32 bits per heavy atom. The van der Waals surface area contributed by atoms with Crippen LogP contribution >= 0.6 is 0 Å². The molecule has 1 aliphatic rings. The Kier molecular flexibility index (Phi) is 3.43. The van der Waals surface area contributed by atoms with Gasteiger partial charge in [-0.3, -0.25) is 4.79 Å². The zero-order valence-corrected chi connectivity index (χ0v) is 12.3. The molecule has 0 aliphatic carbocycles. The summed E-state index contributed by atoms with van der Waals surface area (Å²) in [6, 6.07) is 5.62. The molecule has 1 aromatic rings. The molecule has 0 unspecified atom stereocenters. The van der Waals surface area contributed by atoms with E-state index in [1.54, 1.807) is 13.0 Å². The van der Waals surface area contributed by atoms with Crippen molar-refractivity contribution in [2.24, 2.45) is 0 Å². The molecule has 1 heterocycles. The Labute approximate surface area is 114 Å². The minimum absolute atomic E-state index is 0.0245. The van der Waals surface area contributed by atoms with Gasteiger partial charge in [-0.1, -0.05) is 17.7 Å². The standard InChI is InChI=1S/C14H19NO3S/c1-10-4-5-12(11(2)8-10)13(16)15-14(3)6-7-19(17,18)9-14/h4-5,8H,6-7,9H2,1-3H3,(H,15,16)/t14-/m0/s1. The fourth-order valence-electron chi connectivity index (χ4n) is 2.52. The summed E-state index contributed by atoms with van der Waals surface area (Å²) in [5, 5.41) is 2.87. The number of carbonyl (C=O) groups is 1. The van der Waals surface area contributed by atoms with E-state index in [2.05, 4.69) is 5.32 Å². The van der Waals surface area contributed by atoms with Crippen molar-refractivity contribution >= 4 is 15.7 Å². The molecular formula is C14H19NO3S. The van der Waals surface area contributed by atoms with Crippen LogP contribution in [0.4, 0.5) is 0 Å². The maximum atomic E-state index is 12.2. The van der Waals surface area contributed by atoms with Gasteiger partial charge in [-0.15, -0.1) is 0 Å². The number of amides is 1. The monoisotopic (exact) mass is 281 g/mol. The van der Waals surface area contributed by atoms with Crippen LogP contribution in [-0.2, 0) is 9.84 Å². The van der Waals surface area contributed by atoms with E-state index < -0.39 is 15.4 Å². The fraction of sp³-hybridized carbons (Fsp3) is 0.500. The van der Waals surface area contributed by atoms with Crippen molar-refractivity contribution in [3.05, 3.63) is 34.9 Å². The molecule has 0 saturated carbocycles. The quantitative estimate of drug-likeness (QED) is 0.896. The van der Waals surface area contributed by atoms with Gasteiger partial charge in [0.05, 0.1) is 17.0 Å². The molecule has 5 heteroatoms. The maximum absolute atomic E-state index is 12.2. The van der Waals surface area contributed by atoms with Crippen LogP contribution in [0.25, 0.3) is 0 Å². The Morgan fingerprint density at radius 2 is 2.00 bits per heavy atom. The van der Waals surface area contributed by atoms with E-state index in [0.717, 1.165) is 11.1 Å². The number of aryl methyl sites for hydroxylation is 2. The summed E-state index contributed by atoms with van der Waals surface area (Å²) in [5.41, 5.74) is 1.97. The van der Waals surface area contributed by atoms with E-state index in [-0.39, 0.29) is 17.4 Å². The van der Waals surface area contributed by atoms with Crippen LogP contribution in [0.5, 0.6) is 0 Å². The van der Waals surface area contributed by atoms with Gasteiger partial charge < -0.3 is 5.32 Å². The van der Waals surface area contributed by atoms with Gasteiger partial charge in [0.2, 0.25) is 0 Å². The summed E-state index contributed by atoms with van der Waals surface area (Å²) in [6.45, 7) is 5.65. The lowest BCUT2D eigenvalue weighted by molar-refractivity contribution is 0.0915. The zero-order chi connectivity index (χ0) is 14.3. The molecule has 0 spiro atoms. The van der Waals surface area contributed by atoms with Gasteiger partial charge in [0.1, 0.15) is 0 Å². The Morgan fingerprint density at radius 3 is 2.53 bits per heavy atom. The van der Waals surface area contributed by atoms with Crippen molar-refractivity contribution in [3.8, 4) is 0 Å². The molecule has 1 N–H and O–H groups in total. The summed E-state index contributed by atoms with van der Waals surface area (Å²) in [7, 11) is -3.01. The predicted octanol–water partition coefficient (Wildman–Crippen LogP) is 1.61. The second-order valence-corrected chi connectivity index (χ2v) is 7.86. The van der Waals surface area contributed by atoms with Crippen LogP contribution in [0, 0.1) is 13.8 Å². The van der Waals surface area contributed by atoms with Gasteiger partial charge >= 0.3 is 0 Å². The minimum atomic E-state index is -3.01. The first-order valence-corrected chi connectivity index (χ1v) is 8.13. The second-order valence-electron chi connectivity index (χ2n) is 5.68. The Hall–Kier alpha value is -1.36. The highest BCUT2D eigenvalue weighted by Gasteiger charge is 2.39. The van der Waals surface area contributed by atoms with Crippen LogP contribution in [0.1, 0.15) is 34.8 Å². The highest BCUT2D eigenvalue weighted by molar-refractivity contribution is 7.91. The van der Waals surface area contributed by atoms with Gasteiger partial charge in [0.15, 0.2) is 9.84 Å². The van der Waals surface area contributed by atoms with Crippen LogP contribution in [0.2, 0.25) is 0 Å². The van der Waals surface area contributed by atoms with E-state index in [1.165, 1.54) is 0 Å². The van der Waals surface area contributed by atoms with Gasteiger partial charge in [0.25, 0.3) is 5.91 Å². The number of rotatable bonds is 2. The average molecular weight is 281 g/mol. The first-order valence-electron chi connectivity index (χ1n) is 6.31. The molecule has 1 atom stereocenters. The first-order chi connectivity index (χ1) is 8.71. The van der Waals surface area contributed by atoms with Gasteiger partial charge in [-0.25, -0.2) is 8.42 Å². The van der Waals surface area contributed by atoms with Crippen molar-refractivity contribution in [3.63, 3.8) is 0 Å². The number of hydrogen-bond acceptors (Lipinski definition) is 3. The van der Waals surface area contributed by atoms with Crippen molar-refractivity contribution in [1.82, 2.24) is 5.32 Å². The molecule has 0 aromatic heterocycles. The van der Waals surface area contributed by atoms with Crippen molar-refractivity contribution in [2.45, 2.75) is 32.7 Å². The van der Waals surface area contributed by atoms with E-state index in [4.69, 9.17) is 0 Å². The van der Waals surface area contributed by atoms with Crippen LogP contribution in [0.3, 0.4) is 0 Å². The molecule has 1 fully saturated rings. The predicted molar refractivity (Wildman–Crippen MR) is 75.1 cm³/mol. The summed E-state index contributed by atoms with van der Waals surface area (Å²) in [6.07, 6.45) is 0.478. The molecule has 2 rings (SSSR count). The maximum Gasteiger partial charge on any atom is 0.251 e. The molecule has 1 saturated heterocycles. The minimum Gasteiger partial charge on any atom is -0.346 e. The smallest absolute Gasteiger partial charge is 0.251 e. The first kappa shape index (κ1) is 14.1. The zero-order valence-electron chi connectivity index (χ0n) is 11.5. The molecule has 1 amide bonds. The second kappa shape index (κ2) is 4.63. The molecule has 19 heavy (non-hydrogen) atoms. The van der Waals surface area contributed by atoms with Crippen LogP contribution in [-0.4, -0.2) is 31.4 Å². The SMILES string of the molecule is Cc1ccc(C(=O)N[C@@]2(C)CCS(=O)(=O)C2)c(C)c1. The summed E-state index contributed by atoms with van der Waals surface area (Å²) in [4.78, 5) is 12.2. The molecule has 4 nitrogen and oxygen atoms in total. The van der Waals surface area contributed by atoms with Crippen molar-refractivity contribution in [1.29, 1.82) is 0 Å². The number of nitrogens with one attached hydrogen (secondary N) is 1. The van der Waals surface area contributed by atoms with E-state index in [0.29, 0.717) is 12.0 Å². The number of carbonyl (C=O) groups excluding carboxylic acids is 1. The van der Waals surface area contributed by atoms with Crippen molar-refractivity contribution < 1.29 is 13.2 Å². The van der Waals surface area contributed by atoms with Crippen LogP contribution < -0.4 is 5.32 Å². The summed E-state index contributed by atoms with van der Waals surface area (Å²) < 4.78 is 23.0. The highest BCUT2D eigenvalue weighted by Crippen LogP contribution is 2.23. The number of benzene rings is 1. The Balaban J connectivity index is 2.18. The van der Waals surface area contributed by atoms with Crippen molar-refractivity contribution in [2.75, 3.05) is 11.5 Å². The molecule has 1 aromatic carbocycles. The number of sulfone groups is 1. The highest BCUT2D eigenvalue weighted by atomic mass is 32.2. The lowest BCUT2D eigenvalue weighted by Crippen LogP contribution is -2.47. The van der Waals surface area contributed by atoms with Gasteiger partial charge in [0, 0.05) is 5.56 Å². The molecule has 104 valence electrons. The van der Waals surface area contributed by atoms with Crippen LogP contribution in [0.15, 0.2) is 18.2 Å². The Bertz CT molecular complexity index is 622. The lowest BCUT2D eigenvalue weighted by Gasteiger charge is -2.24. The fourth-order valence-corrected chi connectivity index (χ4v) is 4.61. The molecule has 1 aliphatic heterocycles. The molecular weight excluding hydrogens is 262 g/mol. The molecule has 0 bridgehead atoms. The largest absolute Gasteiger partial charge is 0.346 e. The average Bonchev–Trinajstić information content (AvgIpc) is 2.52. The molecule has 0 radical (unpaired) electrons. The number of hydrogen-bond donors (Lipinski definition) is 1. The van der Waals surface area contributed by atoms with Gasteiger partial charge in [-0.2, -0.15) is 0 Å². The van der Waals surface area contributed by atoms with Gasteiger partial charge in [-0.05, 0) is 38.8 Å². The van der Waals surface area contributed by atoms with E-state index >= 15 is 0 Å². The topological polar surface area (TPSA) is 63.2 Å². The third-order valence-corrected chi connectivity index (χ3v) is 5.45. The van der Waals surface area contributed by atoms with E-state index in [1.807, 2.05) is 26.0 Å². The summed E-state index contributed by atoms with van der Waals surface area (Å²) in [5.74, 6) is -0.0232. The third-order valence-electron chi connectivity index (χ3n) is 3.55. The normalized spacial score (nSPS) is 25.2. The van der Waals surface area contributed by atoms with E-state index in [9.17, 15) is 13.2 Å². The summed E-state index contributed by atoms with van der Waals surface area (Å²) >= 11 is 0. The third kappa shape index (κ3) is 3.15.